The van der Waals surface area contributed by atoms with Crippen molar-refractivity contribution in [3.8, 4) is 0 Å². The summed E-state index contributed by atoms with van der Waals surface area (Å²) >= 11 is 0. The van der Waals surface area contributed by atoms with Crippen LogP contribution in [0.1, 0.15) is 66.4 Å². The highest BCUT2D eigenvalue weighted by Crippen LogP contribution is 2.47. The highest BCUT2D eigenvalue weighted by atomic mass is 28.4. The van der Waals surface area contributed by atoms with Gasteiger partial charge in [0.25, 0.3) is 0 Å². The van der Waals surface area contributed by atoms with Gasteiger partial charge in [-0.05, 0) is 57.3 Å². The van der Waals surface area contributed by atoms with Crippen LogP contribution in [0.25, 0.3) is 0 Å². The molecular weight excluding hydrogens is 557 g/mol. The number of carbonyl (C=O) groups excluding carboxylic acids is 3. The molecule has 11 heteroatoms. The van der Waals surface area contributed by atoms with E-state index in [4.69, 9.17) is 13.9 Å². The van der Waals surface area contributed by atoms with Gasteiger partial charge in [0, 0.05) is 19.5 Å². The van der Waals surface area contributed by atoms with Crippen molar-refractivity contribution in [2.45, 2.75) is 115 Å². The topological polar surface area (TPSA) is 88.6 Å². The van der Waals surface area contributed by atoms with E-state index in [0.717, 1.165) is 18.4 Å². The van der Waals surface area contributed by atoms with Crippen LogP contribution in [0.2, 0.25) is 18.1 Å². The summed E-state index contributed by atoms with van der Waals surface area (Å²) in [5.74, 6) is -0.328. The van der Waals surface area contributed by atoms with Crippen molar-refractivity contribution >= 4 is 26.4 Å². The smallest absolute Gasteiger partial charge is 0.410 e. The monoisotopic (exact) mass is 605 g/mol. The highest BCUT2D eigenvalue weighted by Gasteiger charge is 2.58. The molecule has 2 aliphatic heterocycles. The van der Waals surface area contributed by atoms with Gasteiger partial charge in [-0.15, -0.1) is 0 Å². The number of halogens is 1. The van der Waals surface area contributed by atoms with Gasteiger partial charge in [-0.25, -0.2) is 14.0 Å². The molecule has 9 nitrogen and oxygen atoms in total. The van der Waals surface area contributed by atoms with Gasteiger partial charge in [-0.3, -0.25) is 14.6 Å². The van der Waals surface area contributed by atoms with Crippen LogP contribution < -0.4 is 0 Å². The highest BCUT2D eigenvalue weighted by molar-refractivity contribution is 6.74. The molecule has 0 radical (unpaired) electrons. The van der Waals surface area contributed by atoms with Gasteiger partial charge in [0.15, 0.2) is 8.32 Å². The number of carbonyl (C=O) groups is 3. The molecule has 0 N–H and O–H groups in total. The Bertz CT molecular complexity index is 1150. The lowest BCUT2D eigenvalue weighted by Gasteiger charge is -2.49. The second-order valence-corrected chi connectivity index (χ2v) is 19.4. The quantitative estimate of drug-likeness (QED) is 0.385. The number of amides is 3. The van der Waals surface area contributed by atoms with Crippen LogP contribution in [0.3, 0.4) is 0 Å². The molecule has 1 spiro atoms. The third kappa shape index (κ3) is 7.27. The van der Waals surface area contributed by atoms with E-state index < -0.39 is 49.9 Å². The van der Waals surface area contributed by atoms with Crippen LogP contribution >= 0.6 is 0 Å². The SMILES string of the molecule is CC(C)(C)OC(=O)N1C[C@H](CO[Si](C)(C)C(C)(C)C)N(C(=O)[C@@H]2C[C@@H](F)CN2C(=O)OCc2ccccc2)CC12CC2. The van der Waals surface area contributed by atoms with E-state index in [1.54, 1.807) is 9.80 Å². The lowest BCUT2D eigenvalue weighted by atomic mass is 10.0. The maximum Gasteiger partial charge on any atom is 0.410 e. The molecule has 3 amide bonds. The number of piperazine rings is 1. The van der Waals surface area contributed by atoms with E-state index in [9.17, 15) is 18.8 Å². The average Bonchev–Trinajstić information content (AvgIpc) is 3.54. The third-order valence-corrected chi connectivity index (χ3v) is 13.5. The Morgan fingerprint density at radius 2 is 1.62 bits per heavy atom. The molecule has 0 unspecified atom stereocenters. The van der Waals surface area contributed by atoms with Gasteiger partial charge >= 0.3 is 12.2 Å². The standard InChI is InChI=1S/C31H48FN3O6Si/c1-29(2,3)41-28(38)35-18-24(20-40-42(7,8)30(4,5)6)34(21-31(35)14-15-31)26(36)25-16-23(32)17-33(25)27(37)39-19-22-12-10-9-11-13-22/h9-13,23-25H,14-21H2,1-8H3/t23-,24-,25+/m1/s1. The van der Waals surface area contributed by atoms with Crippen LogP contribution in [0.4, 0.5) is 14.0 Å². The molecule has 3 fully saturated rings. The van der Waals surface area contributed by atoms with E-state index in [0.29, 0.717) is 0 Å². The van der Waals surface area contributed by atoms with Crippen molar-refractivity contribution in [1.82, 2.24) is 14.7 Å². The van der Waals surface area contributed by atoms with Gasteiger partial charge < -0.3 is 18.8 Å². The van der Waals surface area contributed by atoms with Crippen molar-refractivity contribution in [1.29, 1.82) is 0 Å². The van der Waals surface area contributed by atoms with Crippen LogP contribution in [0, 0.1) is 0 Å². The molecule has 3 aliphatic rings. The zero-order chi connectivity index (χ0) is 31.1. The Kier molecular flexibility index (Phi) is 9.05. The number of alkyl halides is 1. The molecule has 2 saturated heterocycles. The van der Waals surface area contributed by atoms with Gasteiger partial charge in [0.1, 0.15) is 24.4 Å². The predicted octanol–water partition coefficient (Wildman–Crippen LogP) is 5.74. The zero-order valence-electron chi connectivity index (χ0n) is 26.4. The first-order valence-electron chi connectivity index (χ1n) is 15.0. The molecule has 234 valence electrons. The van der Waals surface area contributed by atoms with Crippen molar-refractivity contribution in [2.24, 2.45) is 0 Å². The average molecular weight is 606 g/mol. The number of hydrogen-bond donors (Lipinski definition) is 0. The van der Waals surface area contributed by atoms with Crippen LogP contribution in [0.5, 0.6) is 0 Å². The van der Waals surface area contributed by atoms with E-state index in [2.05, 4.69) is 33.9 Å². The Hall–Kier alpha value is -2.66. The Morgan fingerprint density at radius 1 is 0.976 bits per heavy atom. The zero-order valence-corrected chi connectivity index (χ0v) is 27.4. The third-order valence-electron chi connectivity index (χ3n) is 9.01. The molecule has 42 heavy (non-hydrogen) atoms. The number of ether oxygens (including phenoxy) is 2. The van der Waals surface area contributed by atoms with E-state index in [1.165, 1.54) is 4.90 Å². The molecule has 1 saturated carbocycles. The molecule has 1 aromatic carbocycles. The second kappa shape index (κ2) is 11.8. The summed E-state index contributed by atoms with van der Waals surface area (Å²) in [5.41, 5.74) is -0.382. The minimum atomic E-state index is -2.19. The van der Waals surface area contributed by atoms with Crippen LogP contribution in [0.15, 0.2) is 30.3 Å². The summed E-state index contributed by atoms with van der Waals surface area (Å²) < 4.78 is 32.6. The van der Waals surface area contributed by atoms with Crippen LogP contribution in [-0.4, -0.2) is 96.7 Å². The van der Waals surface area contributed by atoms with E-state index >= 15 is 0 Å². The first-order chi connectivity index (χ1) is 19.4. The largest absolute Gasteiger partial charge is 0.445 e. The summed E-state index contributed by atoms with van der Waals surface area (Å²) in [6.45, 7) is 16.8. The molecule has 1 aliphatic carbocycles. The summed E-state index contributed by atoms with van der Waals surface area (Å²) in [4.78, 5) is 45.4. The number of hydrogen-bond acceptors (Lipinski definition) is 6. The number of benzene rings is 1. The maximum atomic E-state index is 14.8. The summed E-state index contributed by atoms with van der Waals surface area (Å²) in [6.07, 6.45) is -1.05. The lowest BCUT2D eigenvalue weighted by Crippen LogP contribution is -2.66. The summed E-state index contributed by atoms with van der Waals surface area (Å²) in [7, 11) is -2.19. The summed E-state index contributed by atoms with van der Waals surface area (Å²) in [5, 5.41) is -0.0503. The Morgan fingerprint density at radius 3 is 2.19 bits per heavy atom. The molecule has 2 heterocycles. The van der Waals surface area contributed by atoms with Crippen molar-refractivity contribution in [3.63, 3.8) is 0 Å². The minimum absolute atomic E-state index is 0.0364. The van der Waals surface area contributed by atoms with Gasteiger partial charge in [-0.1, -0.05) is 51.1 Å². The molecule has 0 aromatic heterocycles. The summed E-state index contributed by atoms with van der Waals surface area (Å²) in [6, 6.07) is 7.79. The normalized spacial score (nSPS) is 24.1. The molecule has 0 bridgehead atoms. The lowest BCUT2D eigenvalue weighted by molar-refractivity contribution is -0.144. The molecule has 1 aromatic rings. The minimum Gasteiger partial charge on any atom is -0.445 e. The first-order valence-corrected chi connectivity index (χ1v) is 17.9. The molecule has 4 rings (SSSR count). The Balaban J connectivity index is 1.56. The predicted molar refractivity (Wildman–Crippen MR) is 160 cm³/mol. The Labute approximate surface area is 250 Å². The maximum absolute atomic E-state index is 14.8. The molecular formula is C31H48FN3O6Si. The van der Waals surface area contributed by atoms with Gasteiger partial charge in [0.2, 0.25) is 5.91 Å². The molecule has 3 atom stereocenters. The fourth-order valence-corrected chi connectivity index (χ4v) is 6.37. The fourth-order valence-electron chi connectivity index (χ4n) is 5.33. The number of rotatable bonds is 6. The second-order valence-electron chi connectivity index (χ2n) is 14.5. The van der Waals surface area contributed by atoms with E-state index in [-0.39, 0.29) is 50.2 Å². The van der Waals surface area contributed by atoms with Crippen molar-refractivity contribution < 1.29 is 32.7 Å². The van der Waals surface area contributed by atoms with Crippen molar-refractivity contribution in [3.05, 3.63) is 35.9 Å². The van der Waals surface area contributed by atoms with Crippen molar-refractivity contribution in [2.75, 3.05) is 26.2 Å². The van der Waals surface area contributed by atoms with Gasteiger partial charge in [0.05, 0.1) is 24.7 Å². The van der Waals surface area contributed by atoms with Gasteiger partial charge in [-0.2, -0.15) is 0 Å². The van der Waals surface area contributed by atoms with E-state index in [1.807, 2.05) is 51.1 Å². The number of likely N-dealkylation sites (tertiary alicyclic amines) is 1. The number of nitrogens with zero attached hydrogens (tertiary/aromatic N) is 3. The van der Waals surface area contributed by atoms with Crippen LogP contribution in [-0.2, 0) is 25.3 Å². The first kappa shape index (κ1) is 32.3. The fraction of sp³-hybridized carbons (Fsp3) is 0.710.